The molecule has 0 aromatic carbocycles. The predicted octanol–water partition coefficient (Wildman–Crippen LogP) is 0.451. The fourth-order valence-electron chi connectivity index (χ4n) is 1.13. The third-order valence-corrected chi connectivity index (χ3v) is 2.71. The van der Waals surface area contributed by atoms with Crippen molar-refractivity contribution in [3.63, 3.8) is 0 Å². The Balaban J connectivity index is 2.13. The molecule has 0 spiro atoms. The molecule has 1 amide bonds. The van der Waals surface area contributed by atoms with E-state index < -0.39 is 0 Å². The lowest BCUT2D eigenvalue weighted by Crippen LogP contribution is -2.34. The molecule has 0 aliphatic carbocycles. The first kappa shape index (κ1) is 13.1. The van der Waals surface area contributed by atoms with E-state index in [-0.39, 0.29) is 5.91 Å². The van der Waals surface area contributed by atoms with Gasteiger partial charge in [0.25, 0.3) is 5.91 Å². The normalized spacial score (nSPS) is 10.7. The van der Waals surface area contributed by atoms with Crippen LogP contribution in [0.5, 0.6) is 0 Å². The Kier molecular flexibility index (Phi) is 5.99. The maximum absolute atomic E-state index is 11.5. The summed E-state index contributed by atoms with van der Waals surface area (Å²) >= 11 is 1.42. The van der Waals surface area contributed by atoms with Gasteiger partial charge in [0.1, 0.15) is 5.69 Å². The number of aromatic nitrogens is 1. The van der Waals surface area contributed by atoms with E-state index in [1.807, 2.05) is 7.05 Å². The molecule has 0 saturated heterocycles. The van der Waals surface area contributed by atoms with E-state index in [4.69, 9.17) is 4.74 Å². The Bertz CT molecular complexity index is 303. The van der Waals surface area contributed by atoms with Crippen LogP contribution in [0, 0.1) is 0 Å². The van der Waals surface area contributed by atoms with Crippen LogP contribution in [-0.2, 0) is 4.74 Å². The SMILES string of the molecule is COCCN(C)CCNC(=O)c1cscn1. The van der Waals surface area contributed by atoms with Crippen LogP contribution >= 0.6 is 11.3 Å². The third-order valence-electron chi connectivity index (χ3n) is 2.12. The summed E-state index contributed by atoms with van der Waals surface area (Å²) < 4.78 is 4.96. The van der Waals surface area contributed by atoms with Crippen molar-refractivity contribution in [1.29, 1.82) is 0 Å². The van der Waals surface area contributed by atoms with Gasteiger partial charge >= 0.3 is 0 Å². The van der Waals surface area contributed by atoms with Gasteiger partial charge in [-0.05, 0) is 7.05 Å². The molecule has 0 atom stereocenters. The molecule has 0 unspecified atom stereocenters. The zero-order valence-electron chi connectivity index (χ0n) is 9.60. The van der Waals surface area contributed by atoms with Gasteiger partial charge in [-0.1, -0.05) is 0 Å². The van der Waals surface area contributed by atoms with E-state index in [2.05, 4.69) is 15.2 Å². The highest BCUT2D eigenvalue weighted by molar-refractivity contribution is 7.07. The fraction of sp³-hybridized carbons (Fsp3) is 0.600. The number of ether oxygens (including phenoxy) is 1. The average Bonchev–Trinajstić information content (AvgIpc) is 2.79. The molecule has 0 aliphatic heterocycles. The van der Waals surface area contributed by atoms with E-state index in [0.717, 1.165) is 13.1 Å². The van der Waals surface area contributed by atoms with E-state index >= 15 is 0 Å². The number of methoxy groups -OCH3 is 1. The van der Waals surface area contributed by atoms with Gasteiger partial charge in [-0.15, -0.1) is 11.3 Å². The quantitative estimate of drug-likeness (QED) is 0.755. The van der Waals surface area contributed by atoms with E-state index in [1.165, 1.54) is 11.3 Å². The summed E-state index contributed by atoms with van der Waals surface area (Å²) in [5.41, 5.74) is 2.14. The lowest BCUT2D eigenvalue weighted by molar-refractivity contribution is 0.0943. The molecule has 1 aromatic heterocycles. The molecule has 1 rings (SSSR count). The Labute approximate surface area is 99.4 Å². The predicted molar refractivity (Wildman–Crippen MR) is 63.8 cm³/mol. The maximum atomic E-state index is 11.5. The van der Waals surface area contributed by atoms with Gasteiger partial charge in [-0.25, -0.2) is 4.98 Å². The summed E-state index contributed by atoms with van der Waals surface area (Å²) in [5, 5.41) is 4.56. The Hall–Kier alpha value is -0.980. The molecule has 0 saturated carbocycles. The van der Waals surface area contributed by atoms with Gasteiger partial charge < -0.3 is 15.0 Å². The van der Waals surface area contributed by atoms with Crippen LogP contribution in [0.4, 0.5) is 0 Å². The first-order chi connectivity index (χ1) is 7.74. The molecule has 0 aliphatic rings. The zero-order valence-corrected chi connectivity index (χ0v) is 10.4. The average molecular weight is 243 g/mol. The summed E-state index contributed by atoms with van der Waals surface area (Å²) in [6, 6.07) is 0. The van der Waals surface area contributed by atoms with Crippen molar-refractivity contribution in [2.45, 2.75) is 0 Å². The Morgan fingerprint density at radius 1 is 1.62 bits per heavy atom. The first-order valence-corrected chi connectivity index (χ1v) is 6.02. The minimum absolute atomic E-state index is 0.110. The number of thiazole rings is 1. The van der Waals surface area contributed by atoms with Crippen LogP contribution < -0.4 is 5.32 Å². The summed E-state index contributed by atoms with van der Waals surface area (Å²) in [6.07, 6.45) is 0. The van der Waals surface area contributed by atoms with Crippen molar-refractivity contribution in [2.75, 3.05) is 40.4 Å². The maximum Gasteiger partial charge on any atom is 0.270 e. The zero-order chi connectivity index (χ0) is 11.8. The standard InChI is InChI=1S/C10H17N3O2S/c1-13(5-6-15-2)4-3-11-10(14)9-7-16-8-12-9/h7-8H,3-6H2,1-2H3,(H,11,14). The number of likely N-dealkylation sites (N-methyl/N-ethyl adjacent to an activating group) is 1. The van der Waals surface area contributed by atoms with Crippen LogP contribution in [0.3, 0.4) is 0 Å². The van der Waals surface area contributed by atoms with Crippen molar-refractivity contribution in [3.8, 4) is 0 Å². The van der Waals surface area contributed by atoms with Gasteiger partial charge in [-0.3, -0.25) is 4.79 Å². The third kappa shape index (κ3) is 4.69. The summed E-state index contributed by atoms with van der Waals surface area (Å²) in [4.78, 5) is 17.5. The van der Waals surface area contributed by atoms with Crippen LogP contribution in [-0.4, -0.2) is 56.2 Å². The molecule has 1 N–H and O–H groups in total. The number of hydrogen-bond donors (Lipinski definition) is 1. The summed E-state index contributed by atoms with van der Waals surface area (Å²) in [7, 11) is 3.67. The fourth-order valence-corrected chi connectivity index (χ4v) is 1.67. The smallest absolute Gasteiger partial charge is 0.270 e. The van der Waals surface area contributed by atoms with E-state index in [1.54, 1.807) is 18.0 Å². The van der Waals surface area contributed by atoms with Gasteiger partial charge in [-0.2, -0.15) is 0 Å². The molecule has 1 aromatic rings. The number of carbonyl (C=O) groups is 1. The number of nitrogens with one attached hydrogen (secondary N) is 1. The van der Waals surface area contributed by atoms with Gasteiger partial charge in [0, 0.05) is 32.1 Å². The minimum Gasteiger partial charge on any atom is -0.383 e. The topological polar surface area (TPSA) is 54.5 Å². The number of rotatable bonds is 7. The molecule has 0 radical (unpaired) electrons. The molecule has 90 valence electrons. The van der Waals surface area contributed by atoms with E-state index in [9.17, 15) is 4.79 Å². The lowest BCUT2D eigenvalue weighted by atomic mass is 10.4. The van der Waals surface area contributed by atoms with Crippen LogP contribution in [0.15, 0.2) is 10.9 Å². The minimum atomic E-state index is -0.110. The lowest BCUT2D eigenvalue weighted by Gasteiger charge is -2.15. The monoisotopic (exact) mass is 243 g/mol. The van der Waals surface area contributed by atoms with Crippen LogP contribution in [0.1, 0.15) is 10.5 Å². The molecule has 16 heavy (non-hydrogen) atoms. The first-order valence-electron chi connectivity index (χ1n) is 5.08. The van der Waals surface area contributed by atoms with Gasteiger partial charge in [0.05, 0.1) is 12.1 Å². The highest BCUT2D eigenvalue weighted by Gasteiger charge is 2.06. The molecular weight excluding hydrogens is 226 g/mol. The summed E-state index contributed by atoms with van der Waals surface area (Å²) in [6.45, 7) is 3.00. The van der Waals surface area contributed by atoms with Crippen LogP contribution in [0.25, 0.3) is 0 Å². The van der Waals surface area contributed by atoms with Crippen molar-refractivity contribution >= 4 is 17.2 Å². The van der Waals surface area contributed by atoms with Crippen LogP contribution in [0.2, 0.25) is 0 Å². The molecule has 6 heteroatoms. The second kappa shape index (κ2) is 7.32. The largest absolute Gasteiger partial charge is 0.383 e. The van der Waals surface area contributed by atoms with Crippen molar-refractivity contribution in [1.82, 2.24) is 15.2 Å². The van der Waals surface area contributed by atoms with Crippen molar-refractivity contribution in [2.24, 2.45) is 0 Å². The number of carbonyl (C=O) groups excluding carboxylic acids is 1. The van der Waals surface area contributed by atoms with Crippen molar-refractivity contribution in [3.05, 3.63) is 16.6 Å². The highest BCUT2D eigenvalue weighted by Crippen LogP contribution is 1.99. The molecule has 0 fully saturated rings. The Morgan fingerprint density at radius 2 is 2.44 bits per heavy atom. The number of amides is 1. The summed E-state index contributed by atoms with van der Waals surface area (Å²) in [5.74, 6) is -0.110. The second-order valence-corrected chi connectivity index (χ2v) is 4.14. The highest BCUT2D eigenvalue weighted by atomic mass is 32.1. The van der Waals surface area contributed by atoms with E-state index in [0.29, 0.717) is 18.8 Å². The second-order valence-electron chi connectivity index (χ2n) is 3.43. The Morgan fingerprint density at radius 3 is 3.06 bits per heavy atom. The van der Waals surface area contributed by atoms with Crippen molar-refractivity contribution < 1.29 is 9.53 Å². The molecule has 0 bridgehead atoms. The van der Waals surface area contributed by atoms with Gasteiger partial charge in [0.2, 0.25) is 0 Å². The molecular formula is C10H17N3O2S. The number of nitrogens with zero attached hydrogens (tertiary/aromatic N) is 2. The molecule has 1 heterocycles. The number of hydrogen-bond acceptors (Lipinski definition) is 5. The van der Waals surface area contributed by atoms with Gasteiger partial charge in [0.15, 0.2) is 0 Å². The molecule has 5 nitrogen and oxygen atoms in total.